The van der Waals surface area contributed by atoms with Gasteiger partial charge in [-0.15, -0.1) is 0 Å². The van der Waals surface area contributed by atoms with Crippen molar-refractivity contribution in [3.05, 3.63) is 35.9 Å². The fraction of sp³-hybridized carbons (Fsp3) is 0.538. The molecule has 0 radical (unpaired) electrons. The lowest BCUT2D eigenvalue weighted by Gasteiger charge is -2.21. The van der Waals surface area contributed by atoms with E-state index in [0.29, 0.717) is 6.61 Å². The minimum Gasteiger partial charge on any atom is -0.395 e. The first-order valence-electron chi connectivity index (χ1n) is 5.66. The summed E-state index contributed by atoms with van der Waals surface area (Å²) in [6, 6.07) is 10.5. The van der Waals surface area contributed by atoms with Gasteiger partial charge >= 0.3 is 0 Å². The topological polar surface area (TPSA) is 41.5 Å². The molecule has 3 heteroatoms. The van der Waals surface area contributed by atoms with Gasteiger partial charge in [0.1, 0.15) is 0 Å². The van der Waals surface area contributed by atoms with Crippen LogP contribution in [0.4, 0.5) is 0 Å². The summed E-state index contributed by atoms with van der Waals surface area (Å²) in [4.78, 5) is 0. The highest BCUT2D eigenvalue weighted by atomic mass is 16.5. The van der Waals surface area contributed by atoms with Crippen LogP contribution in [0.25, 0.3) is 0 Å². The smallest absolute Gasteiger partial charge is 0.0613 e. The number of benzene rings is 1. The molecule has 0 heterocycles. The van der Waals surface area contributed by atoms with Gasteiger partial charge in [0.05, 0.1) is 13.2 Å². The molecule has 1 unspecified atom stereocenters. The fourth-order valence-electron chi connectivity index (χ4n) is 1.78. The van der Waals surface area contributed by atoms with Crippen LogP contribution in [0, 0.1) is 0 Å². The van der Waals surface area contributed by atoms with Gasteiger partial charge in [0.2, 0.25) is 0 Å². The van der Waals surface area contributed by atoms with Crippen molar-refractivity contribution in [1.82, 2.24) is 5.32 Å². The standard InChI is InChI=1S/C13H21NO2/c1-11(10-16-2)14-13(9-15)8-12-6-4-3-5-7-12/h3-7,11,13-15H,8-10H2,1-2H3/t11?,13-/m0/s1. The Morgan fingerprint density at radius 3 is 2.56 bits per heavy atom. The monoisotopic (exact) mass is 223 g/mol. The first kappa shape index (κ1) is 13.2. The van der Waals surface area contributed by atoms with Gasteiger partial charge in [-0.25, -0.2) is 0 Å². The molecule has 3 nitrogen and oxygen atoms in total. The number of rotatable bonds is 7. The number of ether oxygens (including phenoxy) is 1. The van der Waals surface area contributed by atoms with Gasteiger partial charge < -0.3 is 15.2 Å². The van der Waals surface area contributed by atoms with Gasteiger partial charge in [-0.2, -0.15) is 0 Å². The number of nitrogens with one attached hydrogen (secondary N) is 1. The summed E-state index contributed by atoms with van der Waals surface area (Å²) in [5.74, 6) is 0. The van der Waals surface area contributed by atoms with Crippen LogP contribution in [-0.2, 0) is 11.2 Å². The molecule has 2 atom stereocenters. The fourth-order valence-corrected chi connectivity index (χ4v) is 1.78. The Morgan fingerprint density at radius 2 is 2.00 bits per heavy atom. The van der Waals surface area contributed by atoms with Crippen LogP contribution in [0.2, 0.25) is 0 Å². The average Bonchev–Trinajstić information content (AvgIpc) is 2.30. The third-order valence-electron chi connectivity index (χ3n) is 2.48. The van der Waals surface area contributed by atoms with Crippen molar-refractivity contribution in [2.45, 2.75) is 25.4 Å². The molecule has 2 N–H and O–H groups in total. The van der Waals surface area contributed by atoms with E-state index in [-0.39, 0.29) is 18.7 Å². The van der Waals surface area contributed by atoms with E-state index in [4.69, 9.17) is 4.74 Å². The Labute approximate surface area is 97.4 Å². The van der Waals surface area contributed by atoms with Crippen LogP contribution in [0.15, 0.2) is 30.3 Å². The molecule has 16 heavy (non-hydrogen) atoms. The van der Waals surface area contributed by atoms with Crippen molar-refractivity contribution in [1.29, 1.82) is 0 Å². The van der Waals surface area contributed by atoms with E-state index in [1.54, 1.807) is 7.11 Å². The quantitative estimate of drug-likeness (QED) is 0.730. The molecular weight excluding hydrogens is 202 g/mol. The van der Waals surface area contributed by atoms with E-state index in [2.05, 4.69) is 24.4 Å². The minimum atomic E-state index is 0.0903. The highest BCUT2D eigenvalue weighted by Crippen LogP contribution is 2.03. The zero-order valence-electron chi connectivity index (χ0n) is 10.0. The summed E-state index contributed by atoms with van der Waals surface area (Å²) < 4.78 is 5.06. The van der Waals surface area contributed by atoms with Crippen LogP contribution in [0.5, 0.6) is 0 Å². The minimum absolute atomic E-state index is 0.0903. The lowest BCUT2D eigenvalue weighted by molar-refractivity contribution is 0.154. The van der Waals surface area contributed by atoms with Crippen LogP contribution < -0.4 is 5.32 Å². The molecule has 90 valence electrons. The predicted molar refractivity (Wildman–Crippen MR) is 65.5 cm³/mol. The third-order valence-corrected chi connectivity index (χ3v) is 2.48. The van der Waals surface area contributed by atoms with Crippen molar-refractivity contribution in [2.75, 3.05) is 20.3 Å². The van der Waals surface area contributed by atoms with E-state index >= 15 is 0 Å². The molecule has 1 aromatic carbocycles. The van der Waals surface area contributed by atoms with E-state index in [9.17, 15) is 5.11 Å². The molecule has 0 saturated heterocycles. The summed E-state index contributed by atoms with van der Waals surface area (Å²) in [6.07, 6.45) is 0.839. The molecule has 0 bridgehead atoms. The second kappa shape index (κ2) is 7.39. The summed E-state index contributed by atoms with van der Waals surface area (Å²) >= 11 is 0. The Bertz CT molecular complexity index is 277. The van der Waals surface area contributed by atoms with E-state index in [0.717, 1.165) is 6.42 Å². The lowest BCUT2D eigenvalue weighted by atomic mass is 10.1. The van der Waals surface area contributed by atoms with Gasteiger partial charge in [0, 0.05) is 19.2 Å². The largest absolute Gasteiger partial charge is 0.395 e. The first-order chi connectivity index (χ1) is 7.76. The van der Waals surface area contributed by atoms with Crippen LogP contribution in [-0.4, -0.2) is 37.5 Å². The van der Waals surface area contributed by atoms with Crippen molar-refractivity contribution in [3.8, 4) is 0 Å². The zero-order valence-corrected chi connectivity index (χ0v) is 10.0. The zero-order chi connectivity index (χ0) is 11.8. The Balaban J connectivity index is 2.43. The average molecular weight is 223 g/mol. The van der Waals surface area contributed by atoms with Gasteiger partial charge in [0.15, 0.2) is 0 Å². The van der Waals surface area contributed by atoms with Gasteiger partial charge in [-0.05, 0) is 18.9 Å². The molecule has 0 amide bonds. The summed E-state index contributed by atoms with van der Waals surface area (Å²) in [6.45, 7) is 2.85. The molecule has 0 spiro atoms. The van der Waals surface area contributed by atoms with Gasteiger partial charge in [-0.1, -0.05) is 30.3 Å². The third kappa shape index (κ3) is 4.75. The molecule has 0 saturated carbocycles. The normalized spacial score (nSPS) is 14.7. The number of hydrogen-bond acceptors (Lipinski definition) is 3. The van der Waals surface area contributed by atoms with E-state index in [1.807, 2.05) is 18.2 Å². The van der Waals surface area contributed by atoms with Gasteiger partial charge in [0.25, 0.3) is 0 Å². The Kier molecular flexibility index (Phi) is 6.08. The first-order valence-corrected chi connectivity index (χ1v) is 5.66. The number of hydrogen-bond donors (Lipinski definition) is 2. The lowest BCUT2D eigenvalue weighted by Crippen LogP contribution is -2.42. The predicted octanol–water partition coefficient (Wildman–Crippen LogP) is 1.21. The van der Waals surface area contributed by atoms with Crippen LogP contribution >= 0.6 is 0 Å². The maximum atomic E-state index is 9.30. The van der Waals surface area contributed by atoms with Crippen molar-refractivity contribution < 1.29 is 9.84 Å². The molecule has 0 fully saturated rings. The number of methoxy groups -OCH3 is 1. The Hall–Kier alpha value is -0.900. The second-order valence-corrected chi connectivity index (χ2v) is 4.09. The SMILES string of the molecule is COCC(C)N[C@H](CO)Cc1ccccc1. The molecule has 1 rings (SSSR count). The highest BCUT2D eigenvalue weighted by Gasteiger charge is 2.11. The second-order valence-electron chi connectivity index (χ2n) is 4.09. The van der Waals surface area contributed by atoms with Gasteiger partial charge in [-0.3, -0.25) is 0 Å². The summed E-state index contributed by atoms with van der Waals surface area (Å²) in [7, 11) is 1.68. The van der Waals surface area contributed by atoms with E-state index in [1.165, 1.54) is 5.56 Å². The number of aliphatic hydroxyl groups excluding tert-OH is 1. The van der Waals surface area contributed by atoms with Crippen LogP contribution in [0.1, 0.15) is 12.5 Å². The molecule has 0 aliphatic heterocycles. The molecule has 0 aromatic heterocycles. The maximum Gasteiger partial charge on any atom is 0.0613 e. The Morgan fingerprint density at radius 1 is 1.31 bits per heavy atom. The maximum absolute atomic E-state index is 9.30. The van der Waals surface area contributed by atoms with E-state index < -0.39 is 0 Å². The molecular formula is C13H21NO2. The van der Waals surface area contributed by atoms with Crippen LogP contribution in [0.3, 0.4) is 0 Å². The van der Waals surface area contributed by atoms with Crippen molar-refractivity contribution >= 4 is 0 Å². The molecule has 0 aliphatic carbocycles. The molecule has 0 aliphatic rings. The summed E-state index contributed by atoms with van der Waals surface area (Å²) in [5.41, 5.74) is 1.23. The summed E-state index contributed by atoms with van der Waals surface area (Å²) in [5, 5.41) is 12.6. The number of aliphatic hydroxyl groups is 1. The van der Waals surface area contributed by atoms with Crippen molar-refractivity contribution in [2.24, 2.45) is 0 Å². The van der Waals surface area contributed by atoms with Crippen molar-refractivity contribution in [3.63, 3.8) is 0 Å². The molecule has 1 aromatic rings. The highest BCUT2D eigenvalue weighted by molar-refractivity contribution is 5.15.